The Labute approximate surface area is 94.9 Å². The number of imidazole rings is 1. The molecule has 5 heteroatoms. The van der Waals surface area contributed by atoms with Crippen LogP contribution < -0.4 is 5.73 Å². The molecule has 0 spiro atoms. The van der Waals surface area contributed by atoms with Gasteiger partial charge in [-0.15, -0.1) is 0 Å². The predicted octanol–water partition coefficient (Wildman–Crippen LogP) is 1.58. The number of hydrogen-bond acceptors (Lipinski definition) is 3. The van der Waals surface area contributed by atoms with Gasteiger partial charge in [-0.3, -0.25) is 4.68 Å². The highest BCUT2D eigenvalue weighted by molar-refractivity contribution is 5.71. The molecule has 86 valence electrons. The quantitative estimate of drug-likeness (QED) is 0.852. The summed E-state index contributed by atoms with van der Waals surface area (Å²) in [6, 6.07) is 0. The highest BCUT2D eigenvalue weighted by atomic mass is 15.3. The van der Waals surface area contributed by atoms with Gasteiger partial charge in [0.05, 0.1) is 12.5 Å². The smallest absolute Gasteiger partial charge is 0.131 e. The maximum absolute atomic E-state index is 6.06. The molecule has 2 rings (SSSR count). The number of hydrogen-bond donors (Lipinski definition) is 1. The molecule has 0 bridgehead atoms. The van der Waals surface area contributed by atoms with Crippen LogP contribution in [0.2, 0.25) is 0 Å². The van der Waals surface area contributed by atoms with Crippen LogP contribution in [-0.4, -0.2) is 19.3 Å². The van der Waals surface area contributed by atoms with Crippen LogP contribution in [0.3, 0.4) is 0 Å². The number of nitrogen functional groups attached to an aromatic ring is 1. The van der Waals surface area contributed by atoms with E-state index >= 15 is 0 Å². The molecule has 2 aromatic rings. The average molecular weight is 219 g/mol. The predicted molar refractivity (Wildman–Crippen MR) is 63.9 cm³/mol. The Morgan fingerprint density at radius 1 is 1.44 bits per heavy atom. The first-order valence-electron chi connectivity index (χ1n) is 5.44. The van der Waals surface area contributed by atoms with Crippen LogP contribution in [0, 0.1) is 6.92 Å². The second-order valence-corrected chi connectivity index (χ2v) is 3.94. The summed E-state index contributed by atoms with van der Waals surface area (Å²) in [5.74, 6) is 0.720. The van der Waals surface area contributed by atoms with Gasteiger partial charge in [0.1, 0.15) is 11.5 Å². The molecule has 16 heavy (non-hydrogen) atoms. The molecule has 0 aliphatic heterocycles. The van der Waals surface area contributed by atoms with Gasteiger partial charge < -0.3 is 10.3 Å². The molecule has 0 aliphatic carbocycles. The number of anilines is 1. The Morgan fingerprint density at radius 3 is 2.75 bits per heavy atom. The largest absolute Gasteiger partial charge is 0.383 e. The minimum absolute atomic E-state index is 0.720. The fourth-order valence-electron chi connectivity index (χ4n) is 1.75. The molecule has 0 aliphatic rings. The van der Waals surface area contributed by atoms with Gasteiger partial charge in [-0.25, -0.2) is 4.98 Å². The minimum atomic E-state index is 0.720. The lowest BCUT2D eigenvalue weighted by Gasteiger charge is -2.03. The van der Waals surface area contributed by atoms with E-state index in [1.54, 1.807) is 6.33 Å². The standard InChI is InChI=1S/C11H17N5/c1-4-5-16-7-13-10(11(16)12)9-6-14-15(3)8(9)2/h6-7H,4-5,12H2,1-3H3. The van der Waals surface area contributed by atoms with Crippen molar-refractivity contribution < 1.29 is 0 Å². The fourth-order valence-corrected chi connectivity index (χ4v) is 1.75. The van der Waals surface area contributed by atoms with E-state index in [0.29, 0.717) is 0 Å². The normalized spacial score (nSPS) is 10.9. The van der Waals surface area contributed by atoms with Crippen LogP contribution in [-0.2, 0) is 13.6 Å². The van der Waals surface area contributed by atoms with Crippen molar-refractivity contribution in [1.82, 2.24) is 19.3 Å². The van der Waals surface area contributed by atoms with Gasteiger partial charge in [0.25, 0.3) is 0 Å². The van der Waals surface area contributed by atoms with Gasteiger partial charge in [0.2, 0.25) is 0 Å². The Morgan fingerprint density at radius 2 is 2.19 bits per heavy atom. The van der Waals surface area contributed by atoms with Gasteiger partial charge >= 0.3 is 0 Å². The molecular weight excluding hydrogens is 202 g/mol. The number of nitrogens with two attached hydrogens (primary N) is 1. The number of aryl methyl sites for hydroxylation is 2. The summed E-state index contributed by atoms with van der Waals surface area (Å²) in [6.45, 7) is 5.03. The van der Waals surface area contributed by atoms with E-state index in [1.807, 2.05) is 29.4 Å². The topological polar surface area (TPSA) is 61.7 Å². The summed E-state index contributed by atoms with van der Waals surface area (Å²) in [4.78, 5) is 4.36. The van der Waals surface area contributed by atoms with Gasteiger partial charge in [-0.05, 0) is 13.3 Å². The van der Waals surface area contributed by atoms with Gasteiger partial charge in [0.15, 0.2) is 0 Å². The van der Waals surface area contributed by atoms with E-state index < -0.39 is 0 Å². The lowest BCUT2D eigenvalue weighted by molar-refractivity contribution is 0.686. The van der Waals surface area contributed by atoms with Crippen LogP contribution in [0.4, 0.5) is 5.82 Å². The zero-order valence-corrected chi connectivity index (χ0v) is 9.94. The monoisotopic (exact) mass is 219 g/mol. The molecule has 0 radical (unpaired) electrons. The van der Waals surface area contributed by atoms with Gasteiger partial charge in [-0.2, -0.15) is 5.10 Å². The SMILES string of the molecule is CCCn1cnc(-c2cnn(C)c2C)c1N. The molecule has 0 saturated carbocycles. The summed E-state index contributed by atoms with van der Waals surface area (Å²) < 4.78 is 3.80. The first-order chi connectivity index (χ1) is 7.65. The number of nitrogens with zero attached hydrogens (tertiary/aromatic N) is 4. The zero-order valence-electron chi connectivity index (χ0n) is 9.94. The summed E-state index contributed by atoms with van der Waals surface area (Å²) >= 11 is 0. The molecule has 0 fully saturated rings. The minimum Gasteiger partial charge on any atom is -0.383 e. The maximum Gasteiger partial charge on any atom is 0.131 e. The first-order valence-corrected chi connectivity index (χ1v) is 5.44. The summed E-state index contributed by atoms with van der Waals surface area (Å²) in [7, 11) is 1.91. The van der Waals surface area contributed by atoms with Crippen LogP contribution in [0.15, 0.2) is 12.5 Å². The van der Waals surface area contributed by atoms with Crippen molar-refractivity contribution in [3.05, 3.63) is 18.2 Å². The number of aromatic nitrogens is 4. The molecule has 5 nitrogen and oxygen atoms in total. The molecule has 2 N–H and O–H groups in total. The van der Waals surface area contributed by atoms with Crippen molar-refractivity contribution in [2.75, 3.05) is 5.73 Å². The fraction of sp³-hybridized carbons (Fsp3) is 0.455. The van der Waals surface area contributed by atoms with Crippen LogP contribution >= 0.6 is 0 Å². The van der Waals surface area contributed by atoms with Crippen molar-refractivity contribution in [1.29, 1.82) is 0 Å². The highest BCUT2D eigenvalue weighted by Gasteiger charge is 2.14. The molecule has 0 amide bonds. The van der Waals surface area contributed by atoms with Crippen LogP contribution in [0.1, 0.15) is 19.0 Å². The maximum atomic E-state index is 6.06. The number of rotatable bonds is 3. The highest BCUT2D eigenvalue weighted by Crippen LogP contribution is 2.26. The summed E-state index contributed by atoms with van der Waals surface area (Å²) in [6.07, 6.45) is 4.65. The van der Waals surface area contributed by atoms with E-state index in [1.165, 1.54) is 0 Å². The second kappa shape index (κ2) is 4.00. The Hall–Kier alpha value is -1.78. The summed E-state index contributed by atoms with van der Waals surface area (Å²) in [5, 5.41) is 4.20. The molecule has 0 saturated heterocycles. The van der Waals surface area contributed by atoms with Crippen molar-refractivity contribution in [2.45, 2.75) is 26.8 Å². The van der Waals surface area contributed by atoms with Crippen molar-refractivity contribution in [3.8, 4) is 11.3 Å². The Bertz CT molecular complexity index is 494. The third-order valence-corrected chi connectivity index (χ3v) is 2.83. The van der Waals surface area contributed by atoms with Crippen LogP contribution in [0.25, 0.3) is 11.3 Å². The first kappa shape index (κ1) is 10.7. The lowest BCUT2D eigenvalue weighted by atomic mass is 10.2. The zero-order chi connectivity index (χ0) is 11.7. The van der Waals surface area contributed by atoms with E-state index in [0.717, 1.165) is 35.7 Å². The van der Waals surface area contributed by atoms with E-state index in [-0.39, 0.29) is 0 Å². The van der Waals surface area contributed by atoms with E-state index in [9.17, 15) is 0 Å². The molecule has 2 aromatic heterocycles. The molecule has 0 atom stereocenters. The lowest BCUT2D eigenvalue weighted by Crippen LogP contribution is -2.01. The summed E-state index contributed by atoms with van der Waals surface area (Å²) in [5.41, 5.74) is 8.98. The van der Waals surface area contributed by atoms with E-state index in [2.05, 4.69) is 17.0 Å². The molecule has 0 aromatic carbocycles. The van der Waals surface area contributed by atoms with Gasteiger partial charge in [-0.1, -0.05) is 6.92 Å². The third kappa shape index (κ3) is 1.58. The van der Waals surface area contributed by atoms with Crippen molar-refractivity contribution in [2.24, 2.45) is 7.05 Å². The molecule has 2 heterocycles. The molecule has 0 unspecified atom stereocenters. The molecular formula is C11H17N5. The van der Waals surface area contributed by atoms with E-state index in [4.69, 9.17) is 5.73 Å². The van der Waals surface area contributed by atoms with Gasteiger partial charge in [0, 0.05) is 24.8 Å². The Kier molecular flexibility index (Phi) is 2.68. The van der Waals surface area contributed by atoms with Crippen molar-refractivity contribution >= 4 is 5.82 Å². The Balaban J connectivity index is 2.45. The van der Waals surface area contributed by atoms with Crippen LogP contribution in [0.5, 0.6) is 0 Å². The van der Waals surface area contributed by atoms with Crippen molar-refractivity contribution in [3.63, 3.8) is 0 Å². The average Bonchev–Trinajstić information content (AvgIpc) is 2.76. The second-order valence-electron chi connectivity index (χ2n) is 3.94. The third-order valence-electron chi connectivity index (χ3n) is 2.83.